The Balaban J connectivity index is 1.69. The van der Waals surface area contributed by atoms with Gasteiger partial charge < -0.3 is 20.1 Å². The van der Waals surface area contributed by atoms with Crippen molar-refractivity contribution in [1.82, 2.24) is 9.97 Å². The highest BCUT2D eigenvalue weighted by Gasteiger charge is 2.14. The van der Waals surface area contributed by atoms with Crippen LogP contribution < -0.4 is 10.2 Å². The molecule has 2 aromatic rings. The number of carbonyl (C=O) groups is 1. The van der Waals surface area contributed by atoms with Gasteiger partial charge in [-0.3, -0.25) is 4.79 Å². The van der Waals surface area contributed by atoms with E-state index in [-0.39, 0.29) is 17.5 Å². The molecule has 2 N–H and O–H groups in total. The van der Waals surface area contributed by atoms with Gasteiger partial charge in [-0.2, -0.15) is 0 Å². The third kappa shape index (κ3) is 3.15. The Morgan fingerprint density at radius 1 is 1.23 bits per heavy atom. The molecular formula is C15H16N4O3. The van der Waals surface area contributed by atoms with Crippen LogP contribution in [0.15, 0.2) is 36.7 Å². The van der Waals surface area contributed by atoms with Crippen molar-refractivity contribution in [1.29, 1.82) is 0 Å². The van der Waals surface area contributed by atoms with Gasteiger partial charge in [-0.1, -0.05) is 0 Å². The fourth-order valence-electron chi connectivity index (χ4n) is 2.17. The van der Waals surface area contributed by atoms with E-state index in [1.165, 1.54) is 18.5 Å². The maximum absolute atomic E-state index is 12.1. The van der Waals surface area contributed by atoms with Gasteiger partial charge in [0.05, 0.1) is 18.8 Å². The topological polar surface area (TPSA) is 87.6 Å². The number of nitrogens with one attached hydrogen (secondary N) is 1. The second kappa shape index (κ2) is 6.40. The zero-order chi connectivity index (χ0) is 15.4. The van der Waals surface area contributed by atoms with Gasteiger partial charge in [0.15, 0.2) is 11.6 Å². The number of hydrogen-bond donors (Lipinski definition) is 2. The molecule has 1 fully saturated rings. The number of anilines is 2. The predicted molar refractivity (Wildman–Crippen MR) is 81.1 cm³/mol. The van der Waals surface area contributed by atoms with E-state index in [1.54, 1.807) is 18.2 Å². The number of hydrogen-bond acceptors (Lipinski definition) is 6. The fourth-order valence-corrected chi connectivity index (χ4v) is 2.17. The summed E-state index contributed by atoms with van der Waals surface area (Å²) in [6, 6.07) is 6.55. The minimum atomic E-state index is -0.366. The molecule has 1 saturated heterocycles. The van der Waals surface area contributed by atoms with Gasteiger partial charge in [-0.05, 0) is 24.3 Å². The largest absolute Gasteiger partial charge is 0.504 e. The van der Waals surface area contributed by atoms with Gasteiger partial charge in [-0.25, -0.2) is 9.97 Å². The van der Waals surface area contributed by atoms with Gasteiger partial charge in [0, 0.05) is 25.5 Å². The van der Waals surface area contributed by atoms with E-state index in [4.69, 9.17) is 4.74 Å². The highest BCUT2D eigenvalue weighted by Crippen LogP contribution is 2.19. The molecule has 3 heterocycles. The molecule has 0 unspecified atom stereocenters. The molecule has 0 spiro atoms. The summed E-state index contributed by atoms with van der Waals surface area (Å²) in [7, 11) is 0. The number of aromatic nitrogens is 2. The van der Waals surface area contributed by atoms with E-state index in [1.807, 2.05) is 0 Å². The molecule has 0 aliphatic carbocycles. The Hall–Kier alpha value is -2.67. The Morgan fingerprint density at radius 3 is 2.73 bits per heavy atom. The molecule has 2 aromatic heterocycles. The van der Waals surface area contributed by atoms with Crippen molar-refractivity contribution < 1.29 is 14.6 Å². The Labute approximate surface area is 127 Å². The Morgan fingerprint density at radius 2 is 2.05 bits per heavy atom. The lowest BCUT2D eigenvalue weighted by molar-refractivity contribution is 0.102. The highest BCUT2D eigenvalue weighted by molar-refractivity contribution is 6.04. The summed E-state index contributed by atoms with van der Waals surface area (Å²) < 4.78 is 5.30. The van der Waals surface area contributed by atoms with E-state index in [0.717, 1.165) is 18.9 Å². The summed E-state index contributed by atoms with van der Waals surface area (Å²) in [6.45, 7) is 2.95. The van der Waals surface area contributed by atoms with Crippen molar-refractivity contribution in [2.45, 2.75) is 0 Å². The van der Waals surface area contributed by atoms with Crippen molar-refractivity contribution in [3.63, 3.8) is 0 Å². The van der Waals surface area contributed by atoms with Gasteiger partial charge in [0.2, 0.25) is 0 Å². The van der Waals surface area contributed by atoms with Crippen molar-refractivity contribution >= 4 is 17.5 Å². The van der Waals surface area contributed by atoms with E-state index >= 15 is 0 Å². The van der Waals surface area contributed by atoms with Gasteiger partial charge in [0.25, 0.3) is 5.91 Å². The average Bonchev–Trinajstić information content (AvgIpc) is 2.58. The second-order valence-corrected chi connectivity index (χ2v) is 4.83. The van der Waals surface area contributed by atoms with Crippen LogP contribution in [0, 0.1) is 0 Å². The standard InChI is InChI=1S/C15H16N4O3/c20-12-2-1-5-16-14(12)18-15(21)11-3-4-13(17-10-11)19-6-8-22-9-7-19/h1-5,10,20H,6-9H2,(H,16,18,21). The van der Waals surface area contributed by atoms with Crippen LogP contribution in [0.25, 0.3) is 0 Å². The molecule has 0 radical (unpaired) electrons. The molecule has 1 amide bonds. The molecule has 1 aliphatic heterocycles. The third-order valence-corrected chi connectivity index (χ3v) is 3.36. The van der Waals surface area contributed by atoms with Crippen LogP contribution in [-0.2, 0) is 4.74 Å². The summed E-state index contributed by atoms with van der Waals surface area (Å²) in [5, 5.41) is 12.2. The lowest BCUT2D eigenvalue weighted by Crippen LogP contribution is -2.36. The molecule has 22 heavy (non-hydrogen) atoms. The van der Waals surface area contributed by atoms with Crippen LogP contribution in [-0.4, -0.2) is 47.3 Å². The third-order valence-electron chi connectivity index (χ3n) is 3.36. The molecule has 7 heteroatoms. The van der Waals surface area contributed by atoms with Crippen LogP contribution >= 0.6 is 0 Å². The van der Waals surface area contributed by atoms with Crippen molar-refractivity contribution in [2.24, 2.45) is 0 Å². The number of carbonyl (C=O) groups excluding carboxylic acids is 1. The second-order valence-electron chi connectivity index (χ2n) is 4.83. The molecule has 0 bridgehead atoms. The normalized spacial score (nSPS) is 14.6. The van der Waals surface area contributed by atoms with Crippen LogP contribution in [0.4, 0.5) is 11.6 Å². The number of pyridine rings is 2. The number of aromatic hydroxyl groups is 1. The molecule has 3 rings (SSSR count). The maximum atomic E-state index is 12.1. The molecule has 114 valence electrons. The van der Waals surface area contributed by atoms with Gasteiger partial charge >= 0.3 is 0 Å². The first-order chi connectivity index (χ1) is 10.7. The van der Waals surface area contributed by atoms with Gasteiger partial charge in [0.1, 0.15) is 5.82 Å². The van der Waals surface area contributed by atoms with Crippen LogP contribution in [0.1, 0.15) is 10.4 Å². The highest BCUT2D eigenvalue weighted by atomic mass is 16.5. The number of rotatable bonds is 3. The van der Waals surface area contributed by atoms with Crippen LogP contribution in [0.5, 0.6) is 5.75 Å². The van der Waals surface area contributed by atoms with Crippen LogP contribution in [0.2, 0.25) is 0 Å². The molecule has 0 aromatic carbocycles. The van der Waals surface area contributed by atoms with E-state index in [2.05, 4.69) is 20.2 Å². The quantitative estimate of drug-likeness (QED) is 0.887. The minimum Gasteiger partial charge on any atom is -0.504 e. The maximum Gasteiger partial charge on any atom is 0.258 e. The number of ether oxygens (including phenoxy) is 1. The molecular weight excluding hydrogens is 284 g/mol. The first-order valence-corrected chi connectivity index (χ1v) is 6.98. The SMILES string of the molecule is O=C(Nc1ncccc1O)c1ccc(N2CCOCC2)nc1. The first kappa shape index (κ1) is 14.3. The molecule has 7 nitrogen and oxygen atoms in total. The Kier molecular flexibility index (Phi) is 4.15. The first-order valence-electron chi connectivity index (χ1n) is 6.98. The monoisotopic (exact) mass is 300 g/mol. The van der Waals surface area contributed by atoms with Crippen LogP contribution in [0.3, 0.4) is 0 Å². The summed E-state index contributed by atoms with van der Waals surface area (Å²) >= 11 is 0. The van der Waals surface area contributed by atoms with Crippen molar-refractivity contribution in [2.75, 3.05) is 36.5 Å². The summed E-state index contributed by atoms with van der Waals surface area (Å²) in [6.07, 6.45) is 3.01. The predicted octanol–water partition coefficient (Wildman–Crippen LogP) is 1.27. The van der Waals surface area contributed by atoms with E-state index in [0.29, 0.717) is 18.8 Å². The molecule has 0 saturated carbocycles. The summed E-state index contributed by atoms with van der Waals surface area (Å²) in [5.41, 5.74) is 0.405. The lowest BCUT2D eigenvalue weighted by atomic mass is 10.2. The number of nitrogens with zero attached hydrogens (tertiary/aromatic N) is 3. The number of amides is 1. The fraction of sp³-hybridized carbons (Fsp3) is 0.267. The lowest BCUT2D eigenvalue weighted by Gasteiger charge is -2.27. The average molecular weight is 300 g/mol. The minimum absolute atomic E-state index is 0.0752. The van der Waals surface area contributed by atoms with E-state index < -0.39 is 0 Å². The zero-order valence-corrected chi connectivity index (χ0v) is 11.9. The summed E-state index contributed by atoms with van der Waals surface area (Å²) in [5.74, 6) is 0.508. The summed E-state index contributed by atoms with van der Waals surface area (Å²) in [4.78, 5) is 22.4. The van der Waals surface area contributed by atoms with E-state index in [9.17, 15) is 9.90 Å². The van der Waals surface area contributed by atoms with Gasteiger partial charge in [-0.15, -0.1) is 0 Å². The molecule has 0 atom stereocenters. The van der Waals surface area contributed by atoms with Crippen molar-refractivity contribution in [3.05, 3.63) is 42.2 Å². The Bertz CT molecular complexity index is 654. The molecule has 1 aliphatic rings. The number of morpholine rings is 1. The zero-order valence-electron chi connectivity index (χ0n) is 11.9. The van der Waals surface area contributed by atoms with Crippen molar-refractivity contribution in [3.8, 4) is 5.75 Å². The smallest absolute Gasteiger partial charge is 0.258 e.